The maximum atomic E-state index is 6.13. The Labute approximate surface area is 175 Å². The zero-order valence-electron chi connectivity index (χ0n) is 17.6. The normalized spacial score (nSPS) is 21.8. The fourth-order valence-corrected chi connectivity index (χ4v) is 4.38. The Hall–Kier alpha value is -1.84. The van der Waals surface area contributed by atoms with Crippen LogP contribution in [0.1, 0.15) is 38.2 Å². The number of benzene rings is 1. The molecule has 1 aliphatic heterocycles. The van der Waals surface area contributed by atoms with E-state index in [0.29, 0.717) is 6.04 Å². The van der Waals surface area contributed by atoms with E-state index in [1.807, 2.05) is 19.2 Å². The standard InChI is InChI=1S/C24H32ClN3/c1-6-17(2)24(28(5)20-13-15-27(4)16-14-20)23-21(11-12-22(23)26-3)18-7-9-19(25)10-8-18/h7-11,20H,2,6,12-16H2,1,3-5H3. The number of allylic oxidation sites excluding steroid dienone is 4. The summed E-state index contributed by atoms with van der Waals surface area (Å²) >= 11 is 6.13. The second-order valence-electron chi connectivity index (χ2n) is 7.83. The Morgan fingerprint density at radius 1 is 1.25 bits per heavy atom. The number of likely N-dealkylation sites (N-methyl/N-ethyl adjacent to an activating group) is 1. The van der Waals surface area contributed by atoms with Gasteiger partial charge in [-0.05, 0) is 68.2 Å². The minimum absolute atomic E-state index is 0.534. The lowest BCUT2D eigenvalue weighted by atomic mass is 9.92. The van der Waals surface area contributed by atoms with Crippen LogP contribution in [0.3, 0.4) is 0 Å². The molecule has 0 spiro atoms. The van der Waals surface area contributed by atoms with Gasteiger partial charge in [0.2, 0.25) is 0 Å². The number of rotatable bonds is 5. The molecule has 0 radical (unpaired) electrons. The van der Waals surface area contributed by atoms with Gasteiger partial charge < -0.3 is 9.80 Å². The van der Waals surface area contributed by atoms with Crippen LogP contribution in [0.2, 0.25) is 5.02 Å². The van der Waals surface area contributed by atoms with Crippen molar-refractivity contribution in [2.75, 3.05) is 34.2 Å². The highest BCUT2D eigenvalue weighted by molar-refractivity contribution is 6.30. The van der Waals surface area contributed by atoms with E-state index in [0.717, 1.165) is 36.7 Å². The summed E-state index contributed by atoms with van der Waals surface area (Å²) in [4.78, 5) is 9.54. The number of likely N-dealkylation sites (tertiary alicyclic amines) is 1. The van der Waals surface area contributed by atoms with Gasteiger partial charge >= 0.3 is 0 Å². The molecule has 0 atom stereocenters. The van der Waals surface area contributed by atoms with Gasteiger partial charge in [0.1, 0.15) is 0 Å². The lowest BCUT2D eigenvalue weighted by molar-refractivity contribution is 0.172. The molecule has 150 valence electrons. The van der Waals surface area contributed by atoms with Crippen LogP contribution < -0.4 is 0 Å². The van der Waals surface area contributed by atoms with Gasteiger partial charge in [0.05, 0.1) is 0 Å². The first-order valence-electron chi connectivity index (χ1n) is 10.2. The Morgan fingerprint density at radius 3 is 2.46 bits per heavy atom. The van der Waals surface area contributed by atoms with Gasteiger partial charge in [-0.1, -0.05) is 43.3 Å². The van der Waals surface area contributed by atoms with Crippen LogP contribution in [0.5, 0.6) is 0 Å². The van der Waals surface area contributed by atoms with Gasteiger partial charge in [-0.25, -0.2) is 0 Å². The molecule has 1 aromatic rings. The predicted molar refractivity (Wildman–Crippen MR) is 122 cm³/mol. The van der Waals surface area contributed by atoms with E-state index >= 15 is 0 Å². The molecular weight excluding hydrogens is 366 g/mol. The van der Waals surface area contributed by atoms with Gasteiger partial charge in [-0.15, -0.1) is 0 Å². The fraction of sp³-hybridized carbons (Fsp3) is 0.458. The number of halogens is 1. The lowest BCUT2D eigenvalue weighted by Gasteiger charge is -2.39. The summed E-state index contributed by atoms with van der Waals surface area (Å²) in [6.45, 7) is 8.92. The third-order valence-corrected chi connectivity index (χ3v) is 6.32. The highest BCUT2D eigenvalue weighted by Crippen LogP contribution is 2.38. The maximum absolute atomic E-state index is 6.13. The zero-order chi connectivity index (χ0) is 20.3. The van der Waals surface area contributed by atoms with Crippen LogP contribution in [0.15, 0.2) is 58.8 Å². The number of nitrogens with zero attached hydrogens (tertiary/aromatic N) is 3. The Morgan fingerprint density at radius 2 is 1.89 bits per heavy atom. The van der Waals surface area contributed by atoms with E-state index in [1.54, 1.807) is 0 Å². The molecule has 0 N–H and O–H groups in total. The minimum atomic E-state index is 0.534. The summed E-state index contributed by atoms with van der Waals surface area (Å²) < 4.78 is 0. The predicted octanol–water partition coefficient (Wildman–Crippen LogP) is 5.44. The number of hydrogen-bond donors (Lipinski definition) is 0. The molecule has 3 rings (SSSR count). The summed E-state index contributed by atoms with van der Waals surface area (Å²) in [5.41, 5.74) is 7.28. The first-order chi connectivity index (χ1) is 13.5. The molecule has 1 aliphatic carbocycles. The largest absolute Gasteiger partial charge is 0.371 e. The monoisotopic (exact) mass is 397 g/mol. The molecule has 0 amide bonds. The molecule has 0 unspecified atom stereocenters. The molecule has 2 aliphatic rings. The zero-order valence-corrected chi connectivity index (χ0v) is 18.4. The van der Waals surface area contributed by atoms with Crippen molar-refractivity contribution in [2.24, 2.45) is 4.99 Å². The van der Waals surface area contributed by atoms with Crippen LogP contribution in [0, 0.1) is 0 Å². The van der Waals surface area contributed by atoms with Gasteiger partial charge in [0, 0.05) is 48.6 Å². The van der Waals surface area contributed by atoms with Crippen molar-refractivity contribution in [3.63, 3.8) is 0 Å². The Balaban J connectivity index is 2.08. The number of piperidine rings is 1. The van der Waals surface area contributed by atoms with E-state index < -0.39 is 0 Å². The van der Waals surface area contributed by atoms with Crippen LogP contribution in [0.25, 0.3) is 5.57 Å². The van der Waals surface area contributed by atoms with Crippen molar-refractivity contribution < 1.29 is 0 Å². The average Bonchev–Trinajstić information content (AvgIpc) is 3.12. The molecule has 4 heteroatoms. The topological polar surface area (TPSA) is 18.8 Å². The number of aliphatic imine (C=N–C) groups is 1. The second kappa shape index (κ2) is 9.11. The minimum Gasteiger partial charge on any atom is -0.371 e. The highest BCUT2D eigenvalue weighted by atomic mass is 35.5. The molecule has 1 aromatic carbocycles. The van der Waals surface area contributed by atoms with Gasteiger partial charge in [0.25, 0.3) is 0 Å². The Kier molecular flexibility index (Phi) is 6.79. The molecule has 28 heavy (non-hydrogen) atoms. The van der Waals surface area contributed by atoms with Crippen molar-refractivity contribution in [1.29, 1.82) is 0 Å². The fourth-order valence-electron chi connectivity index (χ4n) is 4.25. The van der Waals surface area contributed by atoms with Gasteiger partial charge in [-0.3, -0.25) is 4.99 Å². The van der Waals surface area contributed by atoms with Crippen molar-refractivity contribution in [2.45, 2.75) is 38.6 Å². The first kappa shape index (κ1) is 20.9. The van der Waals surface area contributed by atoms with Crippen LogP contribution in [0.4, 0.5) is 0 Å². The van der Waals surface area contributed by atoms with E-state index in [2.05, 4.69) is 60.6 Å². The Bertz CT molecular complexity index is 809. The smallest absolute Gasteiger partial charge is 0.0490 e. The SMILES string of the molecule is C=C(CC)C(=C1C(c2ccc(Cl)cc2)=CCC1=NC)N(C)C1CCN(C)CC1. The molecule has 1 heterocycles. The summed E-state index contributed by atoms with van der Waals surface area (Å²) in [5.74, 6) is 0. The molecule has 0 saturated carbocycles. The summed E-state index contributed by atoms with van der Waals surface area (Å²) in [6.07, 6.45) is 6.46. The van der Waals surface area contributed by atoms with E-state index in [-0.39, 0.29) is 0 Å². The first-order valence-corrected chi connectivity index (χ1v) is 10.6. The summed E-state index contributed by atoms with van der Waals surface area (Å²) in [6, 6.07) is 8.67. The maximum Gasteiger partial charge on any atom is 0.0490 e. The van der Waals surface area contributed by atoms with Gasteiger partial charge in [0.15, 0.2) is 0 Å². The van der Waals surface area contributed by atoms with Crippen LogP contribution >= 0.6 is 11.6 Å². The van der Waals surface area contributed by atoms with Crippen molar-refractivity contribution >= 4 is 22.9 Å². The molecule has 0 aromatic heterocycles. The summed E-state index contributed by atoms with van der Waals surface area (Å²) in [5, 5.41) is 0.763. The molecule has 1 saturated heterocycles. The van der Waals surface area contributed by atoms with Crippen LogP contribution in [-0.4, -0.2) is 55.8 Å². The molecule has 3 nitrogen and oxygen atoms in total. The second-order valence-corrected chi connectivity index (χ2v) is 8.26. The highest BCUT2D eigenvalue weighted by Gasteiger charge is 2.30. The average molecular weight is 398 g/mol. The van der Waals surface area contributed by atoms with E-state index in [1.165, 1.54) is 40.8 Å². The van der Waals surface area contributed by atoms with Crippen molar-refractivity contribution in [3.8, 4) is 0 Å². The molecule has 1 fully saturated rings. The van der Waals surface area contributed by atoms with Crippen molar-refractivity contribution in [1.82, 2.24) is 9.80 Å². The number of hydrogen-bond acceptors (Lipinski definition) is 3. The quantitative estimate of drug-likeness (QED) is 0.658. The van der Waals surface area contributed by atoms with Crippen LogP contribution in [-0.2, 0) is 0 Å². The molecular formula is C24H32ClN3. The third-order valence-electron chi connectivity index (χ3n) is 6.07. The van der Waals surface area contributed by atoms with E-state index in [4.69, 9.17) is 11.6 Å². The van der Waals surface area contributed by atoms with Gasteiger partial charge in [-0.2, -0.15) is 0 Å². The van der Waals surface area contributed by atoms with E-state index in [9.17, 15) is 0 Å². The third kappa shape index (κ3) is 4.26. The lowest BCUT2D eigenvalue weighted by Crippen LogP contribution is -2.42. The molecule has 0 bridgehead atoms. The summed E-state index contributed by atoms with van der Waals surface area (Å²) in [7, 11) is 6.35. The van der Waals surface area contributed by atoms with Crippen molar-refractivity contribution in [3.05, 3.63) is 64.3 Å².